The average molecular weight is 389 g/mol. The molecule has 0 aliphatic heterocycles. The van der Waals surface area contributed by atoms with Crippen LogP contribution in [-0.4, -0.2) is 21.4 Å². The molecule has 2 aromatic heterocycles. The summed E-state index contributed by atoms with van der Waals surface area (Å²) in [4.78, 5) is 27.4. The van der Waals surface area contributed by atoms with Gasteiger partial charge in [0.05, 0.1) is 0 Å². The molecule has 124 valence electrons. The Morgan fingerprint density at radius 1 is 1.12 bits per heavy atom. The highest BCUT2D eigenvalue weighted by atomic mass is 79.9. The second-order valence-corrected chi connectivity index (χ2v) is 6.63. The van der Waals surface area contributed by atoms with Crippen molar-refractivity contribution >= 4 is 38.6 Å². The maximum absolute atomic E-state index is 12.3. The van der Waals surface area contributed by atoms with Crippen molar-refractivity contribution in [3.05, 3.63) is 57.4 Å². The van der Waals surface area contributed by atoms with Crippen molar-refractivity contribution in [2.24, 2.45) is 7.05 Å². The van der Waals surface area contributed by atoms with E-state index in [9.17, 15) is 9.59 Å². The zero-order valence-electron chi connectivity index (χ0n) is 13.5. The van der Waals surface area contributed by atoms with Crippen LogP contribution in [0.4, 0.5) is 0 Å². The summed E-state index contributed by atoms with van der Waals surface area (Å²) in [5, 5.41) is 0.998. The fourth-order valence-electron chi connectivity index (χ4n) is 2.58. The van der Waals surface area contributed by atoms with E-state index in [-0.39, 0.29) is 5.91 Å². The molecule has 6 nitrogen and oxygen atoms in total. The number of hydrogen-bond donors (Lipinski definition) is 3. The quantitative estimate of drug-likeness (QED) is 0.590. The van der Waals surface area contributed by atoms with Crippen LogP contribution in [0.1, 0.15) is 32.1 Å². The SMILES string of the molecule is Cc1ccc2[nH]c(C(=O)NNC(=O)c3cc(Br)cn3C)cc2c1C. The molecule has 0 bridgehead atoms. The lowest BCUT2D eigenvalue weighted by molar-refractivity contribution is 0.0840. The number of fused-ring (bicyclic) bond motifs is 1. The van der Waals surface area contributed by atoms with E-state index >= 15 is 0 Å². The number of carbonyl (C=O) groups excluding carboxylic acids is 2. The Balaban J connectivity index is 1.74. The molecule has 0 saturated carbocycles. The van der Waals surface area contributed by atoms with E-state index in [4.69, 9.17) is 0 Å². The van der Waals surface area contributed by atoms with Gasteiger partial charge in [-0.1, -0.05) is 6.07 Å². The molecule has 0 radical (unpaired) electrons. The van der Waals surface area contributed by atoms with Gasteiger partial charge in [0, 0.05) is 28.6 Å². The van der Waals surface area contributed by atoms with Crippen molar-refractivity contribution in [1.29, 1.82) is 0 Å². The molecule has 1 aromatic carbocycles. The lowest BCUT2D eigenvalue weighted by atomic mass is 10.1. The van der Waals surface area contributed by atoms with Crippen LogP contribution in [0.3, 0.4) is 0 Å². The smallest absolute Gasteiger partial charge is 0.286 e. The van der Waals surface area contributed by atoms with Crippen molar-refractivity contribution in [3.8, 4) is 0 Å². The number of rotatable bonds is 2. The fraction of sp³-hybridized carbons (Fsp3) is 0.176. The third-order valence-corrected chi connectivity index (χ3v) is 4.52. The Labute approximate surface area is 147 Å². The third-order valence-electron chi connectivity index (χ3n) is 4.08. The van der Waals surface area contributed by atoms with Gasteiger partial charge in [0.1, 0.15) is 11.4 Å². The van der Waals surface area contributed by atoms with Gasteiger partial charge in [-0.2, -0.15) is 0 Å². The van der Waals surface area contributed by atoms with E-state index in [0.717, 1.165) is 26.5 Å². The van der Waals surface area contributed by atoms with Crippen molar-refractivity contribution in [2.45, 2.75) is 13.8 Å². The van der Waals surface area contributed by atoms with E-state index in [1.54, 1.807) is 29.9 Å². The molecule has 0 atom stereocenters. The number of benzene rings is 1. The Kier molecular flexibility index (Phi) is 4.19. The normalized spacial score (nSPS) is 10.8. The topological polar surface area (TPSA) is 78.9 Å². The molecular formula is C17H17BrN4O2. The average Bonchev–Trinajstić information content (AvgIpc) is 3.12. The largest absolute Gasteiger partial charge is 0.350 e. The van der Waals surface area contributed by atoms with Gasteiger partial charge in [0.2, 0.25) is 0 Å². The minimum absolute atomic E-state index is 0.389. The van der Waals surface area contributed by atoms with Crippen LogP contribution >= 0.6 is 15.9 Å². The monoisotopic (exact) mass is 388 g/mol. The Hall–Kier alpha value is -2.54. The van der Waals surface area contributed by atoms with Gasteiger partial charge in [-0.25, -0.2) is 0 Å². The molecule has 0 saturated heterocycles. The van der Waals surface area contributed by atoms with E-state index in [0.29, 0.717) is 11.4 Å². The lowest BCUT2D eigenvalue weighted by Gasteiger charge is -2.06. The summed E-state index contributed by atoms with van der Waals surface area (Å²) in [6.45, 7) is 4.04. The Morgan fingerprint density at radius 3 is 2.50 bits per heavy atom. The van der Waals surface area contributed by atoms with E-state index in [2.05, 4.69) is 31.8 Å². The molecule has 24 heavy (non-hydrogen) atoms. The molecule has 0 aliphatic rings. The number of aromatic amines is 1. The molecule has 0 unspecified atom stereocenters. The standard InChI is InChI=1S/C17H17BrN4O2/c1-9-4-5-13-12(10(9)2)7-14(19-13)16(23)20-21-17(24)15-6-11(18)8-22(15)3/h4-8,19H,1-3H3,(H,20,23)(H,21,24). The van der Waals surface area contributed by atoms with Crippen LogP contribution in [0.15, 0.2) is 34.9 Å². The molecule has 3 aromatic rings. The number of amides is 2. The number of nitrogens with one attached hydrogen (secondary N) is 3. The number of halogens is 1. The van der Waals surface area contributed by atoms with Gasteiger partial charge in [0.25, 0.3) is 11.8 Å². The van der Waals surface area contributed by atoms with E-state index in [1.807, 2.05) is 26.0 Å². The summed E-state index contributed by atoms with van der Waals surface area (Å²) in [6.07, 6.45) is 1.76. The number of hydrogen-bond acceptors (Lipinski definition) is 2. The van der Waals surface area contributed by atoms with Gasteiger partial charge in [0.15, 0.2) is 0 Å². The van der Waals surface area contributed by atoms with Crippen LogP contribution in [0.2, 0.25) is 0 Å². The number of aromatic nitrogens is 2. The molecular weight excluding hydrogens is 372 g/mol. The first-order valence-corrected chi connectivity index (χ1v) is 8.17. The van der Waals surface area contributed by atoms with E-state index < -0.39 is 5.91 Å². The van der Waals surface area contributed by atoms with Crippen LogP contribution in [0.25, 0.3) is 10.9 Å². The van der Waals surface area contributed by atoms with Gasteiger partial charge < -0.3 is 9.55 Å². The minimum Gasteiger partial charge on any atom is -0.350 e. The Morgan fingerprint density at radius 2 is 1.83 bits per heavy atom. The van der Waals surface area contributed by atoms with Gasteiger partial charge in [-0.3, -0.25) is 20.4 Å². The lowest BCUT2D eigenvalue weighted by Crippen LogP contribution is -2.42. The van der Waals surface area contributed by atoms with Gasteiger partial charge >= 0.3 is 0 Å². The zero-order valence-corrected chi connectivity index (χ0v) is 15.1. The molecule has 0 spiro atoms. The molecule has 0 fully saturated rings. The number of nitrogens with zero attached hydrogens (tertiary/aromatic N) is 1. The molecule has 2 amide bonds. The van der Waals surface area contributed by atoms with Crippen LogP contribution in [0.5, 0.6) is 0 Å². The first kappa shape index (κ1) is 16.3. The van der Waals surface area contributed by atoms with Crippen molar-refractivity contribution in [3.63, 3.8) is 0 Å². The van der Waals surface area contributed by atoms with Crippen molar-refractivity contribution < 1.29 is 9.59 Å². The van der Waals surface area contributed by atoms with Crippen molar-refractivity contribution in [1.82, 2.24) is 20.4 Å². The summed E-state index contributed by atoms with van der Waals surface area (Å²) in [5.41, 5.74) is 8.86. The third kappa shape index (κ3) is 2.94. The first-order chi connectivity index (χ1) is 11.4. The second kappa shape index (κ2) is 6.16. The maximum atomic E-state index is 12.3. The highest BCUT2D eigenvalue weighted by molar-refractivity contribution is 9.10. The summed E-state index contributed by atoms with van der Waals surface area (Å²) in [7, 11) is 1.75. The van der Waals surface area contributed by atoms with Crippen LogP contribution in [0, 0.1) is 13.8 Å². The fourth-order valence-corrected chi connectivity index (χ4v) is 3.10. The summed E-state index contributed by atoms with van der Waals surface area (Å²) < 4.78 is 2.46. The highest BCUT2D eigenvalue weighted by Gasteiger charge is 2.15. The maximum Gasteiger partial charge on any atom is 0.286 e. The number of aryl methyl sites for hydroxylation is 3. The second-order valence-electron chi connectivity index (χ2n) is 5.71. The molecule has 2 heterocycles. The van der Waals surface area contributed by atoms with Crippen LogP contribution in [-0.2, 0) is 7.05 Å². The molecule has 7 heteroatoms. The summed E-state index contributed by atoms with van der Waals surface area (Å²) >= 11 is 3.31. The predicted molar refractivity (Wildman–Crippen MR) is 95.8 cm³/mol. The molecule has 0 aliphatic carbocycles. The number of H-pyrrole nitrogens is 1. The minimum atomic E-state index is -0.398. The predicted octanol–water partition coefficient (Wildman–Crippen LogP) is 2.96. The van der Waals surface area contributed by atoms with E-state index in [1.165, 1.54) is 0 Å². The number of carbonyl (C=O) groups is 2. The summed E-state index contributed by atoms with van der Waals surface area (Å²) in [5.74, 6) is -0.787. The zero-order chi connectivity index (χ0) is 17.4. The highest BCUT2D eigenvalue weighted by Crippen LogP contribution is 2.22. The van der Waals surface area contributed by atoms with Gasteiger partial charge in [-0.05, 0) is 59.1 Å². The van der Waals surface area contributed by atoms with Crippen LogP contribution < -0.4 is 10.9 Å². The van der Waals surface area contributed by atoms with Gasteiger partial charge in [-0.15, -0.1) is 0 Å². The molecule has 3 rings (SSSR count). The number of hydrazine groups is 1. The van der Waals surface area contributed by atoms with Crippen molar-refractivity contribution in [2.75, 3.05) is 0 Å². The summed E-state index contributed by atoms with van der Waals surface area (Å²) in [6, 6.07) is 7.41. The Bertz CT molecular complexity index is 955. The molecule has 3 N–H and O–H groups in total. The first-order valence-electron chi connectivity index (χ1n) is 7.38.